The van der Waals surface area contributed by atoms with E-state index in [-0.39, 0.29) is 5.13 Å². The average Bonchev–Trinajstić information content (AvgIpc) is 2.70. The third-order valence-corrected chi connectivity index (χ3v) is 2.95. The molecular formula is C9H8N4O2S. The van der Waals surface area contributed by atoms with E-state index >= 15 is 0 Å². The third kappa shape index (κ3) is 1.73. The van der Waals surface area contributed by atoms with Gasteiger partial charge in [-0.1, -0.05) is 23.5 Å². The third-order valence-electron chi connectivity index (χ3n) is 1.92. The van der Waals surface area contributed by atoms with Crippen molar-refractivity contribution in [1.29, 1.82) is 0 Å². The SMILES string of the molecule is NC(=O)C(=O)N(N)c1nc2ccccc2s1. The normalized spacial score (nSPS) is 10.3. The lowest BCUT2D eigenvalue weighted by Gasteiger charge is -2.09. The summed E-state index contributed by atoms with van der Waals surface area (Å²) in [4.78, 5) is 26.0. The summed E-state index contributed by atoms with van der Waals surface area (Å²) < 4.78 is 0.880. The number of amides is 2. The molecule has 82 valence electrons. The molecule has 0 unspecified atom stereocenters. The van der Waals surface area contributed by atoms with Crippen LogP contribution < -0.4 is 16.6 Å². The Labute approximate surface area is 94.4 Å². The number of thiazole rings is 1. The van der Waals surface area contributed by atoms with Crippen LogP contribution in [0.1, 0.15) is 0 Å². The predicted molar refractivity (Wildman–Crippen MR) is 60.5 cm³/mol. The molecule has 0 saturated carbocycles. The number of hydrogen-bond donors (Lipinski definition) is 2. The zero-order valence-electron chi connectivity index (χ0n) is 8.08. The molecule has 7 heteroatoms. The Morgan fingerprint density at radius 3 is 2.62 bits per heavy atom. The molecular weight excluding hydrogens is 228 g/mol. The van der Waals surface area contributed by atoms with Gasteiger partial charge >= 0.3 is 11.8 Å². The van der Waals surface area contributed by atoms with Crippen molar-refractivity contribution in [3.05, 3.63) is 24.3 Å². The van der Waals surface area contributed by atoms with Gasteiger partial charge in [0.25, 0.3) is 0 Å². The van der Waals surface area contributed by atoms with Crippen LogP contribution in [-0.2, 0) is 9.59 Å². The highest BCUT2D eigenvalue weighted by Crippen LogP contribution is 2.26. The van der Waals surface area contributed by atoms with E-state index in [1.807, 2.05) is 18.2 Å². The van der Waals surface area contributed by atoms with Crippen LogP contribution in [-0.4, -0.2) is 16.8 Å². The smallest absolute Gasteiger partial charge is 0.332 e. The molecule has 0 spiro atoms. The van der Waals surface area contributed by atoms with Crippen LogP contribution >= 0.6 is 11.3 Å². The number of primary amides is 1. The van der Waals surface area contributed by atoms with Crippen molar-refractivity contribution in [2.24, 2.45) is 11.6 Å². The molecule has 16 heavy (non-hydrogen) atoms. The fraction of sp³-hybridized carbons (Fsp3) is 0. The topological polar surface area (TPSA) is 102 Å². The van der Waals surface area contributed by atoms with Gasteiger partial charge in [-0.15, -0.1) is 0 Å². The number of carbonyl (C=O) groups excluding carboxylic acids is 2. The second-order valence-corrected chi connectivity index (χ2v) is 4.01. The molecule has 2 aromatic rings. The zero-order valence-corrected chi connectivity index (χ0v) is 8.90. The Morgan fingerprint density at radius 2 is 2.00 bits per heavy atom. The van der Waals surface area contributed by atoms with Crippen molar-refractivity contribution >= 4 is 38.5 Å². The van der Waals surface area contributed by atoms with E-state index in [1.165, 1.54) is 11.3 Å². The van der Waals surface area contributed by atoms with Crippen LogP contribution in [0.2, 0.25) is 0 Å². The summed E-state index contributed by atoms with van der Waals surface area (Å²) >= 11 is 1.21. The molecule has 2 rings (SSSR count). The van der Waals surface area contributed by atoms with Crippen LogP contribution in [0.3, 0.4) is 0 Å². The minimum absolute atomic E-state index is 0.241. The number of hydrazine groups is 1. The minimum Gasteiger partial charge on any atom is -0.361 e. The van der Waals surface area contributed by atoms with Gasteiger partial charge in [-0.05, 0) is 12.1 Å². The summed E-state index contributed by atoms with van der Waals surface area (Å²) in [6.45, 7) is 0. The Morgan fingerprint density at radius 1 is 1.31 bits per heavy atom. The van der Waals surface area contributed by atoms with E-state index in [2.05, 4.69) is 4.98 Å². The molecule has 2 amide bonds. The van der Waals surface area contributed by atoms with Gasteiger partial charge in [-0.25, -0.2) is 15.8 Å². The number of para-hydroxylation sites is 1. The summed E-state index contributed by atoms with van der Waals surface area (Å²) in [7, 11) is 0. The van der Waals surface area contributed by atoms with Gasteiger partial charge in [0.05, 0.1) is 10.2 Å². The van der Waals surface area contributed by atoms with E-state index in [0.717, 1.165) is 10.2 Å². The Balaban J connectivity index is 2.40. The molecule has 0 bridgehead atoms. The van der Waals surface area contributed by atoms with Crippen molar-refractivity contribution in [2.75, 3.05) is 5.01 Å². The van der Waals surface area contributed by atoms with Crippen LogP contribution in [0.5, 0.6) is 0 Å². The molecule has 0 saturated heterocycles. The molecule has 1 heterocycles. The van der Waals surface area contributed by atoms with Gasteiger partial charge in [0.1, 0.15) is 0 Å². The van der Waals surface area contributed by atoms with Crippen LogP contribution in [0, 0.1) is 0 Å². The Bertz CT molecular complexity index is 532. The first-order chi connectivity index (χ1) is 7.59. The fourth-order valence-electron chi connectivity index (χ4n) is 1.17. The average molecular weight is 236 g/mol. The van der Waals surface area contributed by atoms with Crippen molar-refractivity contribution in [2.45, 2.75) is 0 Å². The van der Waals surface area contributed by atoms with Gasteiger partial charge in [-0.3, -0.25) is 9.59 Å². The van der Waals surface area contributed by atoms with Gasteiger partial charge < -0.3 is 5.73 Å². The lowest BCUT2D eigenvalue weighted by Crippen LogP contribution is -2.45. The van der Waals surface area contributed by atoms with Gasteiger partial charge in [-0.2, -0.15) is 0 Å². The van der Waals surface area contributed by atoms with Gasteiger partial charge in [0, 0.05) is 0 Å². The number of fused-ring (bicyclic) bond motifs is 1. The highest BCUT2D eigenvalue weighted by Gasteiger charge is 2.20. The first kappa shape index (κ1) is 10.5. The molecule has 0 aliphatic rings. The minimum atomic E-state index is -1.11. The monoisotopic (exact) mass is 236 g/mol. The summed E-state index contributed by atoms with van der Waals surface area (Å²) in [6.07, 6.45) is 0. The highest BCUT2D eigenvalue weighted by atomic mass is 32.1. The van der Waals surface area contributed by atoms with Gasteiger partial charge in [0.15, 0.2) is 0 Å². The quantitative estimate of drug-likeness (QED) is 0.314. The second kappa shape index (κ2) is 3.87. The second-order valence-electron chi connectivity index (χ2n) is 3.00. The number of aromatic nitrogens is 1. The molecule has 0 atom stereocenters. The highest BCUT2D eigenvalue weighted by molar-refractivity contribution is 7.22. The van der Waals surface area contributed by atoms with Crippen LogP contribution in [0.15, 0.2) is 24.3 Å². The van der Waals surface area contributed by atoms with E-state index in [4.69, 9.17) is 11.6 Å². The molecule has 4 N–H and O–H groups in total. The van der Waals surface area contributed by atoms with Crippen molar-refractivity contribution in [3.63, 3.8) is 0 Å². The van der Waals surface area contributed by atoms with Gasteiger partial charge in [0.2, 0.25) is 5.13 Å². The number of carbonyl (C=O) groups is 2. The Kier molecular flexibility index (Phi) is 2.55. The van der Waals surface area contributed by atoms with E-state index < -0.39 is 11.8 Å². The molecule has 0 fully saturated rings. The molecule has 0 aliphatic heterocycles. The number of hydrogen-bond acceptors (Lipinski definition) is 5. The molecule has 1 aromatic carbocycles. The Hall–Kier alpha value is -1.99. The fourth-order valence-corrected chi connectivity index (χ4v) is 2.06. The summed E-state index contributed by atoms with van der Waals surface area (Å²) in [5.74, 6) is 3.34. The van der Waals surface area contributed by atoms with Crippen molar-refractivity contribution in [1.82, 2.24) is 4.98 Å². The first-order valence-electron chi connectivity index (χ1n) is 4.34. The maximum Gasteiger partial charge on any atom is 0.332 e. The number of nitrogens with two attached hydrogens (primary N) is 2. The van der Waals surface area contributed by atoms with Crippen molar-refractivity contribution < 1.29 is 9.59 Å². The standard InChI is InChI=1S/C9H8N4O2S/c10-7(14)8(15)13(11)9-12-5-3-1-2-4-6(5)16-9/h1-4H,11H2,(H2,10,14). The lowest BCUT2D eigenvalue weighted by atomic mass is 10.3. The number of anilines is 1. The zero-order chi connectivity index (χ0) is 11.7. The lowest BCUT2D eigenvalue weighted by molar-refractivity contribution is -0.135. The number of rotatable bonds is 1. The number of benzene rings is 1. The molecule has 6 nitrogen and oxygen atoms in total. The molecule has 0 aliphatic carbocycles. The maximum absolute atomic E-state index is 11.2. The van der Waals surface area contributed by atoms with E-state index in [9.17, 15) is 9.59 Å². The van der Waals surface area contributed by atoms with E-state index in [1.54, 1.807) is 6.07 Å². The first-order valence-corrected chi connectivity index (χ1v) is 5.15. The van der Waals surface area contributed by atoms with Crippen molar-refractivity contribution in [3.8, 4) is 0 Å². The summed E-state index contributed by atoms with van der Waals surface area (Å²) in [5, 5.41) is 0.900. The molecule has 0 radical (unpaired) electrons. The molecule has 1 aromatic heterocycles. The summed E-state index contributed by atoms with van der Waals surface area (Å²) in [5.41, 5.74) is 5.55. The largest absolute Gasteiger partial charge is 0.361 e. The maximum atomic E-state index is 11.2. The summed E-state index contributed by atoms with van der Waals surface area (Å²) in [6, 6.07) is 7.31. The van der Waals surface area contributed by atoms with Crippen LogP contribution in [0.25, 0.3) is 10.2 Å². The predicted octanol–water partition coefficient (Wildman–Crippen LogP) is -0.0117. The van der Waals surface area contributed by atoms with Crippen LogP contribution in [0.4, 0.5) is 5.13 Å². The van der Waals surface area contributed by atoms with E-state index in [0.29, 0.717) is 5.01 Å². The number of nitrogens with zero attached hydrogens (tertiary/aromatic N) is 2.